The highest BCUT2D eigenvalue weighted by Crippen LogP contribution is 2.21. The fraction of sp³-hybridized carbons (Fsp3) is 1.00. The van der Waals surface area contributed by atoms with Crippen LogP contribution in [-0.2, 0) is 0 Å². The van der Waals surface area contributed by atoms with Crippen molar-refractivity contribution in [3.8, 4) is 0 Å². The Labute approximate surface area is 94.4 Å². The van der Waals surface area contributed by atoms with Crippen molar-refractivity contribution in [1.29, 1.82) is 0 Å². The Morgan fingerprint density at radius 1 is 1.20 bits per heavy atom. The van der Waals surface area contributed by atoms with E-state index in [4.69, 9.17) is 5.73 Å². The lowest BCUT2D eigenvalue weighted by atomic mass is 9.87. The van der Waals surface area contributed by atoms with Crippen LogP contribution in [-0.4, -0.2) is 43.2 Å². The maximum atomic E-state index is 5.92. The zero-order chi connectivity index (χ0) is 11.1. The number of nitrogens with one attached hydrogen (secondary N) is 1. The molecule has 0 amide bonds. The standard InChI is InChI=1S/C12H27N3/c1-3-7-14-12(11-13)5-9-15(8-4-2)10-6-12/h14H,3-11,13H2,1-2H3. The molecule has 0 unspecified atom stereocenters. The van der Waals surface area contributed by atoms with Crippen LogP contribution in [0.5, 0.6) is 0 Å². The van der Waals surface area contributed by atoms with E-state index in [2.05, 4.69) is 24.1 Å². The van der Waals surface area contributed by atoms with Crippen molar-refractivity contribution >= 4 is 0 Å². The summed E-state index contributed by atoms with van der Waals surface area (Å²) in [4.78, 5) is 2.56. The Hall–Kier alpha value is -0.120. The molecule has 3 N–H and O–H groups in total. The molecule has 3 nitrogen and oxygen atoms in total. The van der Waals surface area contributed by atoms with Crippen LogP contribution >= 0.6 is 0 Å². The molecule has 0 saturated carbocycles. The Balaban J connectivity index is 2.36. The highest BCUT2D eigenvalue weighted by molar-refractivity contribution is 4.94. The van der Waals surface area contributed by atoms with Crippen LogP contribution in [0.15, 0.2) is 0 Å². The third-order valence-electron chi connectivity index (χ3n) is 3.49. The zero-order valence-corrected chi connectivity index (χ0v) is 10.4. The summed E-state index contributed by atoms with van der Waals surface area (Å²) in [5.74, 6) is 0. The largest absolute Gasteiger partial charge is 0.329 e. The van der Waals surface area contributed by atoms with Gasteiger partial charge in [-0.1, -0.05) is 13.8 Å². The third kappa shape index (κ3) is 3.74. The number of likely N-dealkylation sites (tertiary alicyclic amines) is 1. The Kier molecular flexibility index (Phi) is 5.58. The molecular formula is C12H27N3. The average molecular weight is 213 g/mol. The lowest BCUT2D eigenvalue weighted by Crippen LogP contribution is -2.57. The molecule has 1 rings (SSSR count). The van der Waals surface area contributed by atoms with Gasteiger partial charge in [-0.05, 0) is 51.9 Å². The van der Waals surface area contributed by atoms with Crippen molar-refractivity contribution in [2.24, 2.45) is 5.73 Å². The molecule has 3 heteroatoms. The van der Waals surface area contributed by atoms with Crippen molar-refractivity contribution in [3.05, 3.63) is 0 Å². The topological polar surface area (TPSA) is 41.3 Å². The van der Waals surface area contributed by atoms with Crippen molar-refractivity contribution in [2.75, 3.05) is 32.7 Å². The summed E-state index contributed by atoms with van der Waals surface area (Å²) >= 11 is 0. The van der Waals surface area contributed by atoms with Gasteiger partial charge in [-0.2, -0.15) is 0 Å². The second-order valence-corrected chi connectivity index (χ2v) is 4.75. The summed E-state index contributed by atoms with van der Waals surface area (Å²) in [7, 11) is 0. The zero-order valence-electron chi connectivity index (χ0n) is 10.4. The van der Waals surface area contributed by atoms with E-state index in [-0.39, 0.29) is 5.54 Å². The van der Waals surface area contributed by atoms with Gasteiger partial charge in [-0.15, -0.1) is 0 Å². The molecule has 0 aromatic heterocycles. The lowest BCUT2D eigenvalue weighted by molar-refractivity contribution is 0.139. The first-order chi connectivity index (χ1) is 7.26. The SMILES string of the molecule is CCCNC1(CN)CCN(CCC)CC1. The van der Waals surface area contributed by atoms with Crippen LogP contribution in [0.4, 0.5) is 0 Å². The average Bonchev–Trinajstić information content (AvgIpc) is 2.29. The molecule has 0 atom stereocenters. The van der Waals surface area contributed by atoms with Crippen LogP contribution in [0.3, 0.4) is 0 Å². The predicted molar refractivity (Wildman–Crippen MR) is 66.0 cm³/mol. The molecular weight excluding hydrogens is 186 g/mol. The summed E-state index contributed by atoms with van der Waals surface area (Å²) in [6.45, 7) is 10.0. The fourth-order valence-corrected chi connectivity index (χ4v) is 2.36. The Bertz CT molecular complexity index is 162. The smallest absolute Gasteiger partial charge is 0.0328 e. The maximum absolute atomic E-state index is 5.92. The summed E-state index contributed by atoms with van der Waals surface area (Å²) in [6.07, 6.45) is 4.88. The van der Waals surface area contributed by atoms with Crippen LogP contribution in [0, 0.1) is 0 Å². The minimum Gasteiger partial charge on any atom is -0.329 e. The van der Waals surface area contributed by atoms with Gasteiger partial charge in [0.25, 0.3) is 0 Å². The first kappa shape index (κ1) is 12.9. The van der Waals surface area contributed by atoms with E-state index >= 15 is 0 Å². The van der Waals surface area contributed by atoms with Gasteiger partial charge in [0, 0.05) is 12.1 Å². The van der Waals surface area contributed by atoms with Crippen LogP contribution < -0.4 is 11.1 Å². The predicted octanol–water partition coefficient (Wildman–Crippen LogP) is 1.19. The van der Waals surface area contributed by atoms with E-state index in [9.17, 15) is 0 Å². The molecule has 0 spiro atoms. The van der Waals surface area contributed by atoms with Gasteiger partial charge in [0.05, 0.1) is 0 Å². The lowest BCUT2D eigenvalue weighted by Gasteiger charge is -2.42. The number of rotatable bonds is 6. The van der Waals surface area contributed by atoms with Crippen molar-refractivity contribution in [3.63, 3.8) is 0 Å². The highest BCUT2D eigenvalue weighted by atomic mass is 15.2. The van der Waals surface area contributed by atoms with Crippen LogP contribution in [0.1, 0.15) is 39.5 Å². The molecule has 1 aliphatic heterocycles. The molecule has 0 radical (unpaired) electrons. The first-order valence-electron chi connectivity index (χ1n) is 6.44. The molecule has 1 aliphatic rings. The van der Waals surface area contributed by atoms with Crippen LogP contribution in [0.25, 0.3) is 0 Å². The molecule has 1 saturated heterocycles. The van der Waals surface area contributed by atoms with Gasteiger partial charge in [0.15, 0.2) is 0 Å². The number of nitrogens with two attached hydrogens (primary N) is 1. The van der Waals surface area contributed by atoms with E-state index in [0.717, 1.165) is 13.1 Å². The molecule has 90 valence electrons. The van der Waals surface area contributed by atoms with Gasteiger partial charge >= 0.3 is 0 Å². The van der Waals surface area contributed by atoms with E-state index in [1.165, 1.54) is 45.3 Å². The fourth-order valence-electron chi connectivity index (χ4n) is 2.36. The van der Waals surface area contributed by atoms with Gasteiger partial charge < -0.3 is 16.0 Å². The second-order valence-electron chi connectivity index (χ2n) is 4.75. The number of hydrogen-bond acceptors (Lipinski definition) is 3. The van der Waals surface area contributed by atoms with E-state index in [1.54, 1.807) is 0 Å². The van der Waals surface area contributed by atoms with Crippen LogP contribution in [0.2, 0.25) is 0 Å². The molecule has 0 aliphatic carbocycles. The number of hydrogen-bond donors (Lipinski definition) is 2. The summed E-state index contributed by atoms with van der Waals surface area (Å²) in [5, 5.41) is 3.65. The van der Waals surface area contributed by atoms with E-state index in [0.29, 0.717) is 0 Å². The third-order valence-corrected chi connectivity index (χ3v) is 3.49. The van der Waals surface area contributed by atoms with Crippen molar-refractivity contribution in [1.82, 2.24) is 10.2 Å². The summed E-state index contributed by atoms with van der Waals surface area (Å²) in [5.41, 5.74) is 6.15. The highest BCUT2D eigenvalue weighted by Gasteiger charge is 2.31. The number of nitrogens with zero attached hydrogens (tertiary/aromatic N) is 1. The Morgan fingerprint density at radius 2 is 1.87 bits per heavy atom. The van der Waals surface area contributed by atoms with Gasteiger partial charge in [-0.3, -0.25) is 0 Å². The Morgan fingerprint density at radius 3 is 2.33 bits per heavy atom. The summed E-state index contributed by atoms with van der Waals surface area (Å²) in [6, 6.07) is 0. The molecule has 0 aromatic rings. The monoisotopic (exact) mass is 213 g/mol. The van der Waals surface area contributed by atoms with Crippen molar-refractivity contribution < 1.29 is 0 Å². The minimum atomic E-state index is 0.236. The van der Waals surface area contributed by atoms with Gasteiger partial charge in [0.2, 0.25) is 0 Å². The quantitative estimate of drug-likeness (QED) is 0.696. The van der Waals surface area contributed by atoms with Gasteiger partial charge in [-0.25, -0.2) is 0 Å². The molecule has 0 bridgehead atoms. The summed E-state index contributed by atoms with van der Waals surface area (Å²) < 4.78 is 0. The maximum Gasteiger partial charge on any atom is 0.0328 e. The van der Waals surface area contributed by atoms with Gasteiger partial charge in [0.1, 0.15) is 0 Å². The molecule has 0 aromatic carbocycles. The minimum absolute atomic E-state index is 0.236. The second kappa shape index (κ2) is 6.46. The van der Waals surface area contributed by atoms with E-state index < -0.39 is 0 Å². The number of piperidine rings is 1. The molecule has 1 heterocycles. The normalized spacial score (nSPS) is 21.8. The van der Waals surface area contributed by atoms with E-state index in [1.807, 2.05) is 0 Å². The molecule has 1 fully saturated rings. The van der Waals surface area contributed by atoms with Crippen molar-refractivity contribution in [2.45, 2.75) is 45.1 Å². The first-order valence-corrected chi connectivity index (χ1v) is 6.44. The molecule has 15 heavy (non-hydrogen) atoms.